The average Bonchev–Trinajstić information content (AvgIpc) is 2.26. The van der Waals surface area contributed by atoms with Crippen LogP contribution in [0, 0.1) is 11.3 Å². The van der Waals surface area contributed by atoms with Crippen molar-refractivity contribution in [1.29, 1.82) is 0 Å². The molecular weight excluding hydrogens is 210 g/mol. The van der Waals surface area contributed by atoms with Gasteiger partial charge < -0.3 is 5.11 Å². The first-order valence-corrected chi connectivity index (χ1v) is 6.53. The molecule has 17 heavy (non-hydrogen) atoms. The Morgan fingerprint density at radius 3 is 2.53 bits per heavy atom. The maximum Gasteiger partial charge on any atom is 0.0713 e. The fourth-order valence-corrected chi connectivity index (χ4v) is 3.04. The number of pyridine rings is 1. The van der Waals surface area contributed by atoms with Gasteiger partial charge in [0.15, 0.2) is 0 Å². The second kappa shape index (κ2) is 4.41. The van der Waals surface area contributed by atoms with Crippen molar-refractivity contribution in [2.45, 2.75) is 52.1 Å². The van der Waals surface area contributed by atoms with E-state index < -0.39 is 5.60 Å². The standard InChI is InChI=1S/C15H23NO/c1-12-10-14(2,3)6-7-15(12,17)11-13-4-8-16-9-5-13/h4-5,8-9,12,17H,6-7,10-11H2,1-3H3. The molecule has 0 spiro atoms. The molecule has 0 amide bonds. The summed E-state index contributed by atoms with van der Waals surface area (Å²) in [5.74, 6) is 0.361. The normalized spacial score (nSPS) is 32.4. The van der Waals surface area contributed by atoms with E-state index in [1.807, 2.05) is 12.1 Å². The van der Waals surface area contributed by atoms with Crippen LogP contribution in [0.2, 0.25) is 0 Å². The van der Waals surface area contributed by atoms with Gasteiger partial charge in [0, 0.05) is 18.8 Å². The second-order valence-corrected chi connectivity index (χ2v) is 6.41. The smallest absolute Gasteiger partial charge is 0.0713 e. The first-order chi connectivity index (χ1) is 7.91. The lowest BCUT2D eigenvalue weighted by Crippen LogP contribution is -2.45. The van der Waals surface area contributed by atoms with Gasteiger partial charge in [0.05, 0.1) is 5.60 Å². The molecule has 2 rings (SSSR count). The molecule has 1 aromatic heterocycles. The fraction of sp³-hybridized carbons (Fsp3) is 0.667. The van der Waals surface area contributed by atoms with Crippen LogP contribution in [0.3, 0.4) is 0 Å². The molecule has 0 saturated heterocycles. The Kier molecular flexibility index (Phi) is 3.26. The Morgan fingerprint density at radius 2 is 1.94 bits per heavy atom. The van der Waals surface area contributed by atoms with Gasteiger partial charge in [0.25, 0.3) is 0 Å². The summed E-state index contributed by atoms with van der Waals surface area (Å²) in [6, 6.07) is 4.01. The van der Waals surface area contributed by atoms with E-state index >= 15 is 0 Å². The molecule has 94 valence electrons. The van der Waals surface area contributed by atoms with Crippen LogP contribution in [0.4, 0.5) is 0 Å². The van der Waals surface area contributed by atoms with Crippen LogP contribution < -0.4 is 0 Å². The van der Waals surface area contributed by atoms with E-state index in [9.17, 15) is 5.11 Å². The number of aromatic nitrogens is 1. The second-order valence-electron chi connectivity index (χ2n) is 6.41. The van der Waals surface area contributed by atoms with Crippen LogP contribution in [0.25, 0.3) is 0 Å². The Labute approximate surface area is 104 Å². The molecule has 0 radical (unpaired) electrons. The van der Waals surface area contributed by atoms with Crippen LogP contribution in [-0.4, -0.2) is 15.7 Å². The fourth-order valence-electron chi connectivity index (χ4n) is 3.04. The molecule has 1 aliphatic carbocycles. The van der Waals surface area contributed by atoms with Crippen molar-refractivity contribution < 1.29 is 5.11 Å². The molecule has 1 saturated carbocycles. The zero-order valence-corrected chi connectivity index (χ0v) is 11.1. The first kappa shape index (κ1) is 12.6. The molecule has 2 atom stereocenters. The van der Waals surface area contributed by atoms with E-state index in [0.717, 1.165) is 25.7 Å². The number of rotatable bonds is 2. The molecule has 2 heteroatoms. The molecule has 1 N–H and O–H groups in total. The van der Waals surface area contributed by atoms with Gasteiger partial charge in [-0.05, 0) is 48.3 Å². The number of hydrogen-bond donors (Lipinski definition) is 1. The molecular formula is C15H23NO. The van der Waals surface area contributed by atoms with Gasteiger partial charge in [-0.2, -0.15) is 0 Å². The lowest BCUT2D eigenvalue weighted by atomic mass is 9.64. The molecule has 1 fully saturated rings. The summed E-state index contributed by atoms with van der Waals surface area (Å²) in [5, 5.41) is 10.8. The van der Waals surface area contributed by atoms with Crippen molar-refractivity contribution in [3.8, 4) is 0 Å². The zero-order valence-electron chi connectivity index (χ0n) is 11.1. The third-order valence-electron chi connectivity index (χ3n) is 4.27. The molecule has 0 aliphatic heterocycles. The van der Waals surface area contributed by atoms with Crippen LogP contribution in [-0.2, 0) is 6.42 Å². The lowest BCUT2D eigenvalue weighted by molar-refractivity contribution is -0.0704. The summed E-state index contributed by atoms with van der Waals surface area (Å²) in [5.41, 5.74) is 1.04. The van der Waals surface area contributed by atoms with Crippen molar-refractivity contribution in [1.82, 2.24) is 4.98 Å². The Balaban J connectivity index is 2.10. The third kappa shape index (κ3) is 2.86. The van der Waals surface area contributed by atoms with Gasteiger partial charge in [-0.25, -0.2) is 0 Å². The van der Waals surface area contributed by atoms with Crippen molar-refractivity contribution >= 4 is 0 Å². The summed E-state index contributed by atoms with van der Waals surface area (Å²) >= 11 is 0. The molecule has 1 heterocycles. The summed E-state index contributed by atoms with van der Waals surface area (Å²) in [7, 11) is 0. The molecule has 2 nitrogen and oxygen atoms in total. The number of hydrogen-bond acceptors (Lipinski definition) is 2. The maximum atomic E-state index is 10.8. The van der Waals surface area contributed by atoms with E-state index in [4.69, 9.17) is 0 Å². The highest BCUT2D eigenvalue weighted by molar-refractivity contribution is 5.14. The van der Waals surface area contributed by atoms with Crippen molar-refractivity contribution in [2.75, 3.05) is 0 Å². The van der Waals surface area contributed by atoms with Crippen molar-refractivity contribution in [2.24, 2.45) is 11.3 Å². The van der Waals surface area contributed by atoms with Gasteiger partial charge in [0.2, 0.25) is 0 Å². The molecule has 0 bridgehead atoms. The number of nitrogens with zero attached hydrogens (tertiary/aromatic N) is 1. The van der Waals surface area contributed by atoms with Gasteiger partial charge in [0.1, 0.15) is 0 Å². The van der Waals surface area contributed by atoms with Crippen molar-refractivity contribution in [3.63, 3.8) is 0 Å². The highest BCUT2D eigenvalue weighted by Gasteiger charge is 2.42. The van der Waals surface area contributed by atoms with Gasteiger partial charge in [-0.1, -0.05) is 20.8 Å². The molecule has 0 aromatic carbocycles. The summed E-state index contributed by atoms with van der Waals surface area (Å²) < 4.78 is 0. The molecule has 1 aliphatic rings. The third-order valence-corrected chi connectivity index (χ3v) is 4.27. The summed E-state index contributed by atoms with van der Waals surface area (Å²) in [4.78, 5) is 4.02. The Bertz CT molecular complexity index is 374. The maximum absolute atomic E-state index is 10.8. The minimum absolute atomic E-state index is 0.361. The largest absolute Gasteiger partial charge is 0.389 e. The zero-order chi connectivity index (χ0) is 12.5. The Morgan fingerprint density at radius 1 is 1.29 bits per heavy atom. The van der Waals surface area contributed by atoms with Crippen LogP contribution in [0.1, 0.15) is 45.6 Å². The van der Waals surface area contributed by atoms with E-state index in [0.29, 0.717) is 11.3 Å². The van der Waals surface area contributed by atoms with E-state index in [-0.39, 0.29) is 0 Å². The molecule has 1 aromatic rings. The first-order valence-electron chi connectivity index (χ1n) is 6.53. The van der Waals surface area contributed by atoms with Gasteiger partial charge in [-0.3, -0.25) is 4.98 Å². The predicted octanol–water partition coefficient (Wildman–Crippen LogP) is 3.20. The van der Waals surface area contributed by atoms with E-state index in [2.05, 4.69) is 25.8 Å². The summed E-state index contributed by atoms with van der Waals surface area (Å²) in [6.45, 7) is 6.78. The average molecular weight is 233 g/mol. The summed E-state index contributed by atoms with van der Waals surface area (Å²) in [6.07, 6.45) is 7.48. The highest BCUT2D eigenvalue weighted by atomic mass is 16.3. The van der Waals surface area contributed by atoms with Gasteiger partial charge in [-0.15, -0.1) is 0 Å². The minimum atomic E-state index is -0.531. The van der Waals surface area contributed by atoms with Crippen LogP contribution in [0.5, 0.6) is 0 Å². The number of aliphatic hydroxyl groups is 1. The van der Waals surface area contributed by atoms with Crippen molar-refractivity contribution in [3.05, 3.63) is 30.1 Å². The monoisotopic (exact) mass is 233 g/mol. The highest BCUT2D eigenvalue weighted by Crippen LogP contribution is 2.45. The van der Waals surface area contributed by atoms with Crippen LogP contribution >= 0.6 is 0 Å². The minimum Gasteiger partial charge on any atom is -0.389 e. The van der Waals surface area contributed by atoms with E-state index in [1.165, 1.54) is 5.56 Å². The van der Waals surface area contributed by atoms with Gasteiger partial charge >= 0.3 is 0 Å². The Hall–Kier alpha value is -0.890. The SMILES string of the molecule is CC1CC(C)(C)CCC1(O)Cc1ccncc1. The lowest BCUT2D eigenvalue weighted by Gasteiger charge is -2.45. The topological polar surface area (TPSA) is 33.1 Å². The van der Waals surface area contributed by atoms with E-state index in [1.54, 1.807) is 12.4 Å². The molecule has 2 unspecified atom stereocenters. The predicted molar refractivity (Wildman–Crippen MR) is 69.7 cm³/mol. The quantitative estimate of drug-likeness (QED) is 0.851. The van der Waals surface area contributed by atoms with Crippen LogP contribution in [0.15, 0.2) is 24.5 Å².